The molecule has 0 aliphatic carbocycles. The SMILES string of the molecule is CC(C)(C)c1nc2ccc(Br)cc2c(=O)n1N=Cc1ccc(OCc2ccc(F)cc2)c([N+](=O)[O-])c1. The van der Waals surface area contributed by atoms with Gasteiger partial charge in [0.15, 0.2) is 5.75 Å². The molecule has 36 heavy (non-hydrogen) atoms. The first kappa shape index (κ1) is 25.2. The Kier molecular flexibility index (Phi) is 6.98. The minimum absolute atomic E-state index is 0.0389. The number of nitro groups is 1. The summed E-state index contributed by atoms with van der Waals surface area (Å²) in [6.07, 6.45) is 1.37. The zero-order chi connectivity index (χ0) is 26.0. The molecule has 8 nitrogen and oxygen atoms in total. The lowest BCUT2D eigenvalue weighted by atomic mass is 9.95. The van der Waals surface area contributed by atoms with Gasteiger partial charge < -0.3 is 4.74 Å². The highest BCUT2D eigenvalue weighted by atomic mass is 79.9. The fourth-order valence-electron chi connectivity index (χ4n) is 3.49. The number of nitrogens with zero attached hydrogens (tertiary/aromatic N) is 4. The molecule has 10 heteroatoms. The van der Waals surface area contributed by atoms with Crippen LogP contribution in [0, 0.1) is 15.9 Å². The Morgan fingerprint density at radius 2 is 1.86 bits per heavy atom. The summed E-state index contributed by atoms with van der Waals surface area (Å²) in [5.41, 5.74) is 0.513. The maximum absolute atomic E-state index is 13.3. The summed E-state index contributed by atoms with van der Waals surface area (Å²) >= 11 is 3.38. The third-order valence-corrected chi connectivity index (χ3v) is 5.78. The van der Waals surface area contributed by atoms with Gasteiger partial charge in [-0.1, -0.05) is 48.8 Å². The fourth-order valence-corrected chi connectivity index (χ4v) is 3.85. The zero-order valence-corrected chi connectivity index (χ0v) is 21.3. The van der Waals surface area contributed by atoms with E-state index in [-0.39, 0.29) is 29.4 Å². The van der Waals surface area contributed by atoms with E-state index in [4.69, 9.17) is 4.74 Å². The largest absolute Gasteiger partial charge is 0.482 e. The summed E-state index contributed by atoms with van der Waals surface area (Å²) in [5, 5.41) is 16.4. The lowest BCUT2D eigenvalue weighted by molar-refractivity contribution is -0.385. The van der Waals surface area contributed by atoms with Crippen LogP contribution in [-0.2, 0) is 12.0 Å². The minimum atomic E-state index is -0.556. The number of ether oxygens (including phenoxy) is 1. The predicted octanol–water partition coefficient (Wildman–Crippen LogP) is 5.97. The number of hydrogen-bond acceptors (Lipinski definition) is 6. The predicted molar refractivity (Wildman–Crippen MR) is 139 cm³/mol. The first-order valence-electron chi connectivity index (χ1n) is 11.0. The highest BCUT2D eigenvalue weighted by Gasteiger charge is 2.23. The van der Waals surface area contributed by atoms with E-state index >= 15 is 0 Å². The molecule has 3 aromatic carbocycles. The van der Waals surface area contributed by atoms with Crippen molar-refractivity contribution >= 4 is 38.7 Å². The molecule has 0 unspecified atom stereocenters. The highest BCUT2D eigenvalue weighted by molar-refractivity contribution is 9.10. The highest BCUT2D eigenvalue weighted by Crippen LogP contribution is 2.29. The average Bonchev–Trinajstić information content (AvgIpc) is 2.83. The van der Waals surface area contributed by atoms with Gasteiger partial charge in [-0.15, -0.1) is 0 Å². The summed E-state index contributed by atoms with van der Waals surface area (Å²) in [6.45, 7) is 5.80. The summed E-state index contributed by atoms with van der Waals surface area (Å²) in [4.78, 5) is 29.1. The number of benzene rings is 3. The summed E-state index contributed by atoms with van der Waals surface area (Å²) in [5.74, 6) is 0.134. The topological polar surface area (TPSA) is 99.6 Å². The van der Waals surface area contributed by atoms with Crippen LogP contribution >= 0.6 is 15.9 Å². The second-order valence-electron chi connectivity index (χ2n) is 9.11. The molecule has 0 saturated carbocycles. The molecular formula is C26H22BrFN4O4. The van der Waals surface area contributed by atoms with Crippen LogP contribution in [0.15, 0.2) is 75.0 Å². The first-order chi connectivity index (χ1) is 17.0. The molecule has 0 fully saturated rings. The van der Waals surface area contributed by atoms with E-state index in [1.165, 1.54) is 35.2 Å². The lowest BCUT2D eigenvalue weighted by Gasteiger charge is -2.20. The van der Waals surface area contributed by atoms with Crippen LogP contribution in [0.25, 0.3) is 10.9 Å². The monoisotopic (exact) mass is 552 g/mol. The van der Waals surface area contributed by atoms with Crippen LogP contribution < -0.4 is 10.3 Å². The van der Waals surface area contributed by atoms with Crippen molar-refractivity contribution in [1.82, 2.24) is 9.66 Å². The van der Waals surface area contributed by atoms with Crippen molar-refractivity contribution in [2.75, 3.05) is 0 Å². The quantitative estimate of drug-likeness (QED) is 0.167. The van der Waals surface area contributed by atoms with E-state index in [0.29, 0.717) is 27.9 Å². The van der Waals surface area contributed by atoms with E-state index in [0.717, 1.165) is 4.47 Å². The standard InChI is InChI=1S/C26H22BrFN4O4/c1-26(2,3)25-30-21-10-7-18(27)13-20(21)24(33)31(25)29-14-17-6-11-23(22(12-17)32(34)35)36-15-16-4-8-19(28)9-5-16/h4-14H,15H2,1-3H3. The van der Waals surface area contributed by atoms with Crippen molar-refractivity contribution in [3.8, 4) is 5.75 Å². The van der Waals surface area contributed by atoms with Crippen LogP contribution in [-0.4, -0.2) is 20.8 Å². The molecule has 0 spiro atoms. The summed E-state index contributed by atoms with van der Waals surface area (Å²) in [7, 11) is 0. The van der Waals surface area contributed by atoms with Gasteiger partial charge in [0.05, 0.1) is 22.0 Å². The van der Waals surface area contributed by atoms with Gasteiger partial charge >= 0.3 is 5.69 Å². The number of aromatic nitrogens is 2. The molecule has 1 heterocycles. The first-order valence-corrected chi connectivity index (χ1v) is 11.7. The number of rotatable bonds is 6. The zero-order valence-electron chi connectivity index (χ0n) is 19.7. The van der Waals surface area contributed by atoms with Crippen molar-refractivity contribution in [3.05, 3.63) is 108 Å². The Bertz CT molecular complexity index is 1540. The molecule has 0 aliphatic rings. The number of fused-ring (bicyclic) bond motifs is 1. The Balaban J connectivity index is 1.70. The molecule has 0 aliphatic heterocycles. The lowest BCUT2D eigenvalue weighted by Crippen LogP contribution is -2.29. The van der Waals surface area contributed by atoms with Gasteiger partial charge in [0.25, 0.3) is 5.56 Å². The van der Waals surface area contributed by atoms with Crippen LogP contribution in [0.3, 0.4) is 0 Å². The van der Waals surface area contributed by atoms with Gasteiger partial charge in [0, 0.05) is 21.5 Å². The molecular weight excluding hydrogens is 531 g/mol. The Hall–Kier alpha value is -3.92. The summed E-state index contributed by atoms with van der Waals surface area (Å²) in [6, 6.07) is 15.3. The molecule has 0 bridgehead atoms. The van der Waals surface area contributed by atoms with E-state index in [1.807, 2.05) is 26.8 Å². The van der Waals surface area contributed by atoms with Crippen molar-refractivity contribution in [1.29, 1.82) is 0 Å². The molecule has 4 rings (SSSR count). The minimum Gasteiger partial charge on any atom is -0.482 e. The van der Waals surface area contributed by atoms with Crippen LogP contribution in [0.1, 0.15) is 37.7 Å². The van der Waals surface area contributed by atoms with Crippen LogP contribution in [0.5, 0.6) is 5.75 Å². The number of halogens is 2. The third kappa shape index (κ3) is 5.49. The van der Waals surface area contributed by atoms with Gasteiger partial charge in [-0.3, -0.25) is 14.9 Å². The molecule has 0 N–H and O–H groups in total. The van der Waals surface area contributed by atoms with Crippen LogP contribution in [0.4, 0.5) is 10.1 Å². The maximum atomic E-state index is 13.3. The Morgan fingerprint density at radius 3 is 2.53 bits per heavy atom. The van der Waals surface area contributed by atoms with Gasteiger partial charge in [-0.05, 0) is 48.0 Å². The molecule has 0 atom stereocenters. The molecule has 4 aromatic rings. The van der Waals surface area contributed by atoms with Gasteiger partial charge in [-0.25, -0.2) is 9.37 Å². The maximum Gasteiger partial charge on any atom is 0.311 e. The normalized spacial score (nSPS) is 11.8. The van der Waals surface area contributed by atoms with Gasteiger partial charge in [0.1, 0.15) is 18.2 Å². The number of nitro benzene ring substituents is 1. The van der Waals surface area contributed by atoms with Gasteiger partial charge in [-0.2, -0.15) is 9.78 Å². The fraction of sp³-hybridized carbons (Fsp3) is 0.192. The van der Waals surface area contributed by atoms with Crippen molar-refractivity contribution in [2.24, 2.45) is 5.10 Å². The van der Waals surface area contributed by atoms with Crippen molar-refractivity contribution in [2.45, 2.75) is 32.8 Å². The van der Waals surface area contributed by atoms with Crippen LogP contribution in [0.2, 0.25) is 0 Å². The molecule has 0 saturated heterocycles. The van der Waals surface area contributed by atoms with E-state index in [1.54, 1.807) is 30.3 Å². The second kappa shape index (κ2) is 9.98. The van der Waals surface area contributed by atoms with E-state index < -0.39 is 10.3 Å². The van der Waals surface area contributed by atoms with Crippen molar-refractivity contribution < 1.29 is 14.1 Å². The molecule has 0 radical (unpaired) electrons. The molecule has 1 aromatic heterocycles. The van der Waals surface area contributed by atoms with Crippen molar-refractivity contribution in [3.63, 3.8) is 0 Å². The smallest absolute Gasteiger partial charge is 0.311 e. The Morgan fingerprint density at radius 1 is 1.14 bits per heavy atom. The second-order valence-corrected chi connectivity index (χ2v) is 10.0. The van der Waals surface area contributed by atoms with E-state index in [9.17, 15) is 19.3 Å². The molecule has 0 amide bonds. The van der Waals surface area contributed by atoms with Gasteiger partial charge in [0.2, 0.25) is 0 Å². The Labute approximate surface area is 214 Å². The molecule has 184 valence electrons. The third-order valence-electron chi connectivity index (χ3n) is 5.29. The summed E-state index contributed by atoms with van der Waals surface area (Å²) < 4.78 is 20.7. The average molecular weight is 553 g/mol. The van der Waals surface area contributed by atoms with E-state index in [2.05, 4.69) is 26.0 Å². The number of hydrogen-bond donors (Lipinski definition) is 0.